The van der Waals surface area contributed by atoms with Gasteiger partial charge < -0.3 is 5.32 Å². The third-order valence-electron chi connectivity index (χ3n) is 4.28. The molecule has 0 radical (unpaired) electrons. The lowest BCUT2D eigenvalue weighted by molar-refractivity contribution is -0.384. The maximum atomic E-state index is 12.0. The Kier molecular flexibility index (Phi) is 3.26. The molecule has 5 heteroatoms. The number of nitrogens with one attached hydrogen (secondary N) is 1. The maximum Gasteiger partial charge on any atom is 0.269 e. The molecule has 2 aliphatic rings. The number of non-ortho nitro benzene ring substituents is 1. The van der Waals surface area contributed by atoms with Crippen molar-refractivity contribution in [2.75, 3.05) is 6.54 Å². The molecule has 1 N–H and O–H groups in total. The molecule has 104 valence electrons. The van der Waals surface area contributed by atoms with Gasteiger partial charge in [-0.05, 0) is 42.7 Å². The van der Waals surface area contributed by atoms with Crippen LogP contribution in [0.15, 0.2) is 36.4 Å². The van der Waals surface area contributed by atoms with E-state index in [-0.39, 0.29) is 11.6 Å². The molecule has 3 rings (SSSR count). The SMILES string of the molecule is O=C(NCC1CC2C=CC1C2)c1ccc([N+](=O)[O-])cc1. The molecule has 1 aromatic rings. The van der Waals surface area contributed by atoms with Gasteiger partial charge in [0.25, 0.3) is 11.6 Å². The first kappa shape index (κ1) is 12.8. The number of nitro benzene ring substituents is 1. The maximum absolute atomic E-state index is 12.0. The van der Waals surface area contributed by atoms with Gasteiger partial charge >= 0.3 is 0 Å². The smallest absolute Gasteiger partial charge is 0.269 e. The first-order valence-electron chi connectivity index (χ1n) is 6.84. The molecule has 0 spiro atoms. The first-order valence-corrected chi connectivity index (χ1v) is 6.84. The van der Waals surface area contributed by atoms with Crippen LogP contribution >= 0.6 is 0 Å². The highest BCUT2D eigenvalue weighted by Crippen LogP contribution is 2.42. The van der Waals surface area contributed by atoms with Crippen LogP contribution in [0.4, 0.5) is 5.69 Å². The normalized spacial score (nSPS) is 26.7. The van der Waals surface area contributed by atoms with E-state index >= 15 is 0 Å². The largest absolute Gasteiger partial charge is 0.352 e. The Hall–Kier alpha value is -2.17. The van der Waals surface area contributed by atoms with Crippen molar-refractivity contribution >= 4 is 11.6 Å². The van der Waals surface area contributed by atoms with E-state index in [2.05, 4.69) is 17.5 Å². The number of amides is 1. The number of benzene rings is 1. The molecular weight excluding hydrogens is 256 g/mol. The van der Waals surface area contributed by atoms with Gasteiger partial charge in [-0.15, -0.1) is 0 Å². The van der Waals surface area contributed by atoms with E-state index in [9.17, 15) is 14.9 Å². The summed E-state index contributed by atoms with van der Waals surface area (Å²) < 4.78 is 0. The second kappa shape index (κ2) is 5.07. The van der Waals surface area contributed by atoms with Gasteiger partial charge in [0.05, 0.1) is 4.92 Å². The molecule has 3 atom stereocenters. The fraction of sp³-hybridized carbons (Fsp3) is 0.400. The van der Waals surface area contributed by atoms with Gasteiger partial charge in [0, 0.05) is 24.2 Å². The lowest BCUT2D eigenvalue weighted by Gasteiger charge is -2.18. The van der Waals surface area contributed by atoms with Crippen molar-refractivity contribution in [1.82, 2.24) is 5.32 Å². The molecule has 0 heterocycles. The van der Waals surface area contributed by atoms with Crippen LogP contribution in [0.3, 0.4) is 0 Å². The number of hydrogen-bond donors (Lipinski definition) is 1. The topological polar surface area (TPSA) is 72.2 Å². The van der Waals surface area contributed by atoms with Gasteiger partial charge in [-0.1, -0.05) is 12.2 Å². The molecule has 3 unspecified atom stereocenters. The van der Waals surface area contributed by atoms with Crippen LogP contribution in [0.1, 0.15) is 23.2 Å². The molecule has 1 aromatic carbocycles. The van der Waals surface area contributed by atoms with Gasteiger partial charge in [-0.25, -0.2) is 0 Å². The van der Waals surface area contributed by atoms with Crippen LogP contribution < -0.4 is 5.32 Å². The molecule has 1 amide bonds. The number of nitro groups is 1. The van der Waals surface area contributed by atoms with Crippen LogP contribution in [0.5, 0.6) is 0 Å². The fourth-order valence-corrected chi connectivity index (χ4v) is 3.19. The predicted octanol–water partition coefficient (Wildman–Crippen LogP) is 2.54. The summed E-state index contributed by atoms with van der Waals surface area (Å²) in [6.45, 7) is 0.682. The second-order valence-corrected chi connectivity index (χ2v) is 5.55. The Morgan fingerprint density at radius 3 is 2.55 bits per heavy atom. The number of hydrogen-bond acceptors (Lipinski definition) is 3. The van der Waals surface area contributed by atoms with Crippen molar-refractivity contribution in [1.29, 1.82) is 0 Å². The highest BCUT2D eigenvalue weighted by molar-refractivity contribution is 5.94. The monoisotopic (exact) mass is 272 g/mol. The van der Waals surface area contributed by atoms with E-state index in [1.807, 2.05) is 0 Å². The van der Waals surface area contributed by atoms with Crippen molar-refractivity contribution < 1.29 is 9.72 Å². The van der Waals surface area contributed by atoms with Crippen molar-refractivity contribution in [3.8, 4) is 0 Å². The summed E-state index contributed by atoms with van der Waals surface area (Å²) in [5, 5.41) is 13.5. The third-order valence-corrected chi connectivity index (χ3v) is 4.28. The summed E-state index contributed by atoms with van der Waals surface area (Å²) in [5.74, 6) is 1.68. The Bertz CT molecular complexity index is 565. The van der Waals surface area contributed by atoms with Gasteiger partial charge in [0.2, 0.25) is 0 Å². The quantitative estimate of drug-likeness (QED) is 0.520. The summed E-state index contributed by atoms with van der Waals surface area (Å²) >= 11 is 0. The number of allylic oxidation sites excluding steroid dienone is 2. The van der Waals surface area contributed by atoms with Crippen LogP contribution in [0, 0.1) is 27.9 Å². The molecular formula is C15H16N2O3. The number of nitrogens with zero attached hydrogens (tertiary/aromatic N) is 1. The van der Waals surface area contributed by atoms with Gasteiger partial charge in [-0.3, -0.25) is 14.9 Å². The van der Waals surface area contributed by atoms with Crippen LogP contribution in [-0.2, 0) is 0 Å². The minimum atomic E-state index is -0.469. The van der Waals surface area contributed by atoms with Gasteiger partial charge in [-0.2, -0.15) is 0 Å². The second-order valence-electron chi connectivity index (χ2n) is 5.55. The zero-order chi connectivity index (χ0) is 14.1. The number of rotatable bonds is 4. The Labute approximate surface area is 116 Å². The molecule has 0 aromatic heterocycles. The molecule has 20 heavy (non-hydrogen) atoms. The lowest BCUT2D eigenvalue weighted by atomic mass is 9.93. The average molecular weight is 272 g/mol. The molecule has 5 nitrogen and oxygen atoms in total. The highest BCUT2D eigenvalue weighted by Gasteiger charge is 2.35. The van der Waals surface area contributed by atoms with Crippen molar-refractivity contribution in [2.24, 2.45) is 17.8 Å². The van der Waals surface area contributed by atoms with E-state index in [1.165, 1.54) is 30.7 Å². The van der Waals surface area contributed by atoms with Crippen LogP contribution in [0.2, 0.25) is 0 Å². The van der Waals surface area contributed by atoms with Crippen LogP contribution in [-0.4, -0.2) is 17.4 Å². The number of fused-ring (bicyclic) bond motifs is 2. The summed E-state index contributed by atoms with van der Waals surface area (Å²) in [6, 6.07) is 5.70. The third kappa shape index (κ3) is 2.43. The van der Waals surface area contributed by atoms with E-state index < -0.39 is 4.92 Å². The molecule has 0 saturated heterocycles. The van der Waals surface area contributed by atoms with Crippen LogP contribution in [0.25, 0.3) is 0 Å². The Morgan fingerprint density at radius 2 is 2.00 bits per heavy atom. The minimum Gasteiger partial charge on any atom is -0.352 e. The zero-order valence-electron chi connectivity index (χ0n) is 11.0. The standard InChI is InChI=1S/C15H16N2O3/c18-15(11-3-5-14(6-4-11)17(19)20)16-9-13-8-10-1-2-12(13)7-10/h1-6,10,12-13H,7-9H2,(H,16,18). The molecule has 0 aliphatic heterocycles. The van der Waals surface area contributed by atoms with Crippen molar-refractivity contribution in [3.05, 3.63) is 52.1 Å². The fourth-order valence-electron chi connectivity index (χ4n) is 3.19. The number of carbonyl (C=O) groups excluding carboxylic acids is 1. The van der Waals surface area contributed by atoms with Crippen molar-refractivity contribution in [3.63, 3.8) is 0 Å². The predicted molar refractivity (Wildman–Crippen MR) is 74.3 cm³/mol. The summed E-state index contributed by atoms with van der Waals surface area (Å²) in [4.78, 5) is 22.1. The Morgan fingerprint density at radius 1 is 1.25 bits per heavy atom. The molecule has 2 bridgehead atoms. The van der Waals surface area contributed by atoms with E-state index in [0.717, 1.165) is 6.42 Å². The van der Waals surface area contributed by atoms with E-state index in [4.69, 9.17) is 0 Å². The molecule has 1 saturated carbocycles. The van der Waals surface area contributed by atoms with E-state index in [1.54, 1.807) is 0 Å². The first-order chi connectivity index (χ1) is 9.63. The van der Waals surface area contributed by atoms with Crippen molar-refractivity contribution in [2.45, 2.75) is 12.8 Å². The van der Waals surface area contributed by atoms with Gasteiger partial charge in [0.15, 0.2) is 0 Å². The summed E-state index contributed by atoms with van der Waals surface area (Å²) in [7, 11) is 0. The zero-order valence-corrected chi connectivity index (χ0v) is 11.0. The van der Waals surface area contributed by atoms with E-state index in [0.29, 0.717) is 29.9 Å². The Balaban J connectivity index is 1.56. The highest BCUT2D eigenvalue weighted by atomic mass is 16.6. The summed E-state index contributed by atoms with van der Waals surface area (Å²) in [5.41, 5.74) is 0.467. The number of carbonyl (C=O) groups is 1. The minimum absolute atomic E-state index is 0.000195. The summed E-state index contributed by atoms with van der Waals surface area (Å²) in [6.07, 6.45) is 6.91. The van der Waals surface area contributed by atoms with Gasteiger partial charge in [0.1, 0.15) is 0 Å². The lowest BCUT2D eigenvalue weighted by Crippen LogP contribution is -2.30. The molecule has 1 fully saturated rings. The molecule has 2 aliphatic carbocycles. The average Bonchev–Trinajstić information content (AvgIpc) is 3.07.